The molecule has 0 saturated carbocycles. The molecule has 0 spiro atoms. The van der Waals surface area contributed by atoms with Gasteiger partial charge in [0.1, 0.15) is 22.5 Å². The van der Waals surface area contributed by atoms with E-state index in [2.05, 4.69) is 10.6 Å². The number of ether oxygens (including phenoxy) is 2. The van der Waals surface area contributed by atoms with Gasteiger partial charge in [-0.15, -0.1) is 0 Å². The zero-order valence-corrected chi connectivity index (χ0v) is 18.5. The second-order valence-electron chi connectivity index (χ2n) is 7.15. The molecule has 0 heterocycles. The van der Waals surface area contributed by atoms with Crippen LogP contribution in [0.2, 0.25) is 0 Å². The van der Waals surface area contributed by atoms with E-state index in [1.54, 1.807) is 19.2 Å². The van der Waals surface area contributed by atoms with Gasteiger partial charge in [-0.2, -0.15) is 0 Å². The van der Waals surface area contributed by atoms with Gasteiger partial charge >= 0.3 is 6.09 Å². The molecule has 1 unspecified atom stereocenters. The molecule has 8 nitrogen and oxygen atoms in total. The summed E-state index contributed by atoms with van der Waals surface area (Å²) in [6.07, 6.45) is 0.228. The zero-order chi connectivity index (χ0) is 22.7. The first kappa shape index (κ1) is 24.4. The number of hydrogen-bond acceptors (Lipinski definition) is 6. The SMILES string of the molecule is COCc1cccc(CNC(=O)C(CCS(C)(=O)=O)NC(=O)OCc2ccccc2)c1. The van der Waals surface area contributed by atoms with Gasteiger partial charge in [-0.25, -0.2) is 13.2 Å². The van der Waals surface area contributed by atoms with E-state index < -0.39 is 27.9 Å². The standard InChI is InChI=1S/C22H28N2O6S/c1-29-15-19-10-6-9-18(13-19)14-23-21(25)20(11-12-31(2,27)28)24-22(26)30-16-17-7-4-3-5-8-17/h3-10,13,20H,11-12,14-16H2,1-2H3,(H,23,25)(H,24,26). The quantitative estimate of drug-likeness (QED) is 0.545. The monoisotopic (exact) mass is 448 g/mol. The van der Waals surface area contributed by atoms with Crippen molar-refractivity contribution in [2.24, 2.45) is 0 Å². The summed E-state index contributed by atoms with van der Waals surface area (Å²) < 4.78 is 33.3. The maximum Gasteiger partial charge on any atom is 0.408 e. The molecular formula is C22H28N2O6S. The van der Waals surface area contributed by atoms with Crippen molar-refractivity contribution in [3.05, 3.63) is 71.3 Å². The van der Waals surface area contributed by atoms with Gasteiger partial charge in [-0.3, -0.25) is 4.79 Å². The van der Waals surface area contributed by atoms with Gasteiger partial charge < -0.3 is 20.1 Å². The van der Waals surface area contributed by atoms with Crippen LogP contribution in [0.3, 0.4) is 0 Å². The van der Waals surface area contributed by atoms with Crippen molar-refractivity contribution in [3.8, 4) is 0 Å². The molecule has 2 aromatic carbocycles. The Morgan fingerprint density at radius 3 is 2.32 bits per heavy atom. The predicted octanol–water partition coefficient (Wildman–Crippen LogP) is 2.18. The molecule has 0 aliphatic rings. The molecule has 9 heteroatoms. The molecule has 0 fully saturated rings. The van der Waals surface area contributed by atoms with Crippen molar-refractivity contribution in [1.29, 1.82) is 0 Å². The molecule has 0 aliphatic heterocycles. The topological polar surface area (TPSA) is 111 Å². The second-order valence-corrected chi connectivity index (χ2v) is 9.41. The van der Waals surface area contributed by atoms with E-state index in [9.17, 15) is 18.0 Å². The lowest BCUT2D eigenvalue weighted by molar-refractivity contribution is -0.123. The molecule has 2 amide bonds. The normalized spacial score (nSPS) is 12.1. The minimum atomic E-state index is -3.31. The number of alkyl carbamates (subject to hydrolysis) is 1. The number of methoxy groups -OCH3 is 1. The maximum absolute atomic E-state index is 12.7. The molecule has 2 N–H and O–H groups in total. The molecule has 31 heavy (non-hydrogen) atoms. The minimum Gasteiger partial charge on any atom is -0.445 e. The minimum absolute atomic E-state index is 0.0411. The van der Waals surface area contributed by atoms with Gasteiger partial charge in [0, 0.05) is 19.9 Å². The van der Waals surface area contributed by atoms with Crippen LogP contribution in [0.25, 0.3) is 0 Å². The Bertz CT molecular complexity index is 963. The van der Waals surface area contributed by atoms with E-state index in [1.807, 2.05) is 42.5 Å². The Morgan fingerprint density at radius 1 is 0.968 bits per heavy atom. The highest BCUT2D eigenvalue weighted by atomic mass is 32.2. The van der Waals surface area contributed by atoms with Crippen molar-refractivity contribution < 1.29 is 27.5 Å². The number of carbonyl (C=O) groups excluding carboxylic acids is 2. The second kappa shape index (κ2) is 12.1. The molecule has 0 aromatic heterocycles. The number of hydrogen-bond donors (Lipinski definition) is 2. The van der Waals surface area contributed by atoms with Gasteiger partial charge in [-0.05, 0) is 23.1 Å². The van der Waals surface area contributed by atoms with Crippen molar-refractivity contribution in [1.82, 2.24) is 10.6 Å². The van der Waals surface area contributed by atoms with E-state index in [4.69, 9.17) is 9.47 Å². The predicted molar refractivity (Wildman–Crippen MR) is 117 cm³/mol. The van der Waals surface area contributed by atoms with Crippen molar-refractivity contribution in [2.45, 2.75) is 32.2 Å². The maximum atomic E-state index is 12.7. The largest absolute Gasteiger partial charge is 0.445 e. The fourth-order valence-electron chi connectivity index (χ4n) is 2.82. The average molecular weight is 449 g/mol. The summed E-state index contributed by atoms with van der Waals surface area (Å²) in [6, 6.07) is 15.6. The van der Waals surface area contributed by atoms with Gasteiger partial charge in [0.2, 0.25) is 5.91 Å². The number of benzene rings is 2. The number of rotatable bonds is 11. The molecule has 0 radical (unpaired) electrons. The van der Waals surface area contributed by atoms with Gasteiger partial charge in [0.25, 0.3) is 0 Å². The van der Waals surface area contributed by atoms with Crippen LogP contribution in [-0.2, 0) is 43.9 Å². The van der Waals surface area contributed by atoms with Crippen molar-refractivity contribution in [2.75, 3.05) is 19.1 Å². The van der Waals surface area contributed by atoms with E-state index in [0.29, 0.717) is 6.61 Å². The fourth-order valence-corrected chi connectivity index (χ4v) is 3.48. The summed E-state index contributed by atoms with van der Waals surface area (Å²) in [5.41, 5.74) is 2.62. The lowest BCUT2D eigenvalue weighted by Gasteiger charge is -2.18. The highest BCUT2D eigenvalue weighted by Crippen LogP contribution is 2.07. The van der Waals surface area contributed by atoms with E-state index >= 15 is 0 Å². The third-order valence-corrected chi connectivity index (χ3v) is 5.35. The van der Waals surface area contributed by atoms with E-state index in [0.717, 1.165) is 22.9 Å². The number of sulfone groups is 1. The van der Waals surface area contributed by atoms with Crippen LogP contribution in [-0.4, -0.2) is 45.6 Å². The summed E-state index contributed by atoms with van der Waals surface area (Å²) in [6.45, 7) is 0.722. The van der Waals surface area contributed by atoms with Crippen molar-refractivity contribution in [3.63, 3.8) is 0 Å². The Labute approximate surface area is 182 Å². The zero-order valence-electron chi connectivity index (χ0n) is 17.7. The fraction of sp³-hybridized carbons (Fsp3) is 0.364. The molecule has 2 aromatic rings. The highest BCUT2D eigenvalue weighted by molar-refractivity contribution is 7.90. The number of carbonyl (C=O) groups is 2. The third-order valence-electron chi connectivity index (χ3n) is 4.37. The summed E-state index contributed by atoms with van der Waals surface area (Å²) in [7, 11) is -1.71. The van der Waals surface area contributed by atoms with E-state index in [-0.39, 0.29) is 25.3 Å². The molecule has 1 atom stereocenters. The summed E-state index contributed by atoms with van der Waals surface area (Å²) >= 11 is 0. The van der Waals surface area contributed by atoms with Crippen LogP contribution in [0.1, 0.15) is 23.1 Å². The first-order valence-corrected chi connectivity index (χ1v) is 11.8. The van der Waals surface area contributed by atoms with Crippen LogP contribution in [0.5, 0.6) is 0 Å². The summed E-state index contributed by atoms with van der Waals surface area (Å²) in [5, 5.41) is 5.21. The van der Waals surface area contributed by atoms with Crippen LogP contribution in [0.4, 0.5) is 4.79 Å². The van der Waals surface area contributed by atoms with Crippen LogP contribution >= 0.6 is 0 Å². The first-order valence-electron chi connectivity index (χ1n) is 9.76. The smallest absolute Gasteiger partial charge is 0.408 e. The van der Waals surface area contributed by atoms with Crippen LogP contribution in [0, 0.1) is 0 Å². The average Bonchev–Trinajstić information content (AvgIpc) is 2.74. The molecule has 0 aliphatic carbocycles. The molecule has 168 valence electrons. The lowest BCUT2D eigenvalue weighted by Crippen LogP contribution is -2.47. The van der Waals surface area contributed by atoms with Crippen LogP contribution < -0.4 is 10.6 Å². The Kier molecular flexibility index (Phi) is 9.48. The Balaban J connectivity index is 1.96. The van der Waals surface area contributed by atoms with E-state index in [1.165, 1.54) is 0 Å². The lowest BCUT2D eigenvalue weighted by atomic mass is 10.1. The number of nitrogens with one attached hydrogen (secondary N) is 2. The first-order chi connectivity index (χ1) is 14.8. The van der Waals surface area contributed by atoms with Crippen molar-refractivity contribution >= 4 is 21.8 Å². The van der Waals surface area contributed by atoms with Gasteiger partial charge in [0.15, 0.2) is 0 Å². The third kappa shape index (κ3) is 9.63. The Hall–Kier alpha value is -2.91. The molecule has 2 rings (SSSR count). The number of amides is 2. The van der Waals surface area contributed by atoms with Gasteiger partial charge in [0.05, 0.1) is 12.4 Å². The molecule has 0 saturated heterocycles. The van der Waals surface area contributed by atoms with Crippen LogP contribution in [0.15, 0.2) is 54.6 Å². The molecular weight excluding hydrogens is 420 g/mol. The summed E-state index contributed by atoms with van der Waals surface area (Å²) in [4.78, 5) is 24.8. The Morgan fingerprint density at radius 2 is 1.65 bits per heavy atom. The highest BCUT2D eigenvalue weighted by Gasteiger charge is 2.23. The van der Waals surface area contributed by atoms with Gasteiger partial charge in [-0.1, -0.05) is 54.6 Å². The summed E-state index contributed by atoms with van der Waals surface area (Å²) in [5.74, 6) is -0.731. The molecule has 0 bridgehead atoms.